The summed E-state index contributed by atoms with van der Waals surface area (Å²) in [6, 6.07) is 0. The first-order valence-corrected chi connectivity index (χ1v) is 3.57. The Morgan fingerprint density at radius 1 is 1.75 bits per heavy atom. The number of hydrogen-bond acceptors (Lipinski definition) is 1. The van der Waals surface area contributed by atoms with E-state index in [-0.39, 0.29) is 0 Å². The van der Waals surface area contributed by atoms with E-state index in [0.29, 0.717) is 0 Å². The molecule has 0 fully saturated rings. The number of rotatable bonds is 1. The molecule has 0 bridgehead atoms. The van der Waals surface area contributed by atoms with Crippen LogP contribution in [0.2, 0.25) is 5.21 Å². The molecular formula is C2H7AsS. The molecule has 0 nitrogen and oxygen atoms in total. The van der Waals surface area contributed by atoms with Gasteiger partial charge in [0.05, 0.1) is 0 Å². The van der Waals surface area contributed by atoms with Gasteiger partial charge >= 0.3 is 40.4 Å². The topological polar surface area (TPSA) is 0 Å². The fourth-order valence-electron chi connectivity index (χ4n) is 0. The summed E-state index contributed by atoms with van der Waals surface area (Å²) < 4.78 is 0. The summed E-state index contributed by atoms with van der Waals surface area (Å²) in [4.78, 5) is 0. The molecule has 1 unspecified atom stereocenters. The Bertz CT molecular complexity index is 8.00. The van der Waals surface area contributed by atoms with Gasteiger partial charge in [0.15, 0.2) is 0 Å². The maximum atomic E-state index is 3.94. The third-order valence-electron chi connectivity index (χ3n) is 0.129. The van der Waals surface area contributed by atoms with E-state index in [4.69, 9.17) is 0 Å². The molecule has 0 rings (SSSR count). The molecule has 4 heavy (non-hydrogen) atoms. The molecule has 0 spiro atoms. The molecule has 0 saturated heterocycles. The van der Waals surface area contributed by atoms with Gasteiger partial charge in [-0.3, -0.25) is 0 Å². The second-order valence-electron chi connectivity index (χ2n) is 0.512. The van der Waals surface area contributed by atoms with E-state index in [1.54, 1.807) is 16.9 Å². The zero-order valence-corrected chi connectivity index (χ0v) is 5.76. The van der Waals surface area contributed by atoms with E-state index >= 15 is 0 Å². The molecular weight excluding hydrogens is 131 g/mol. The third-order valence-corrected chi connectivity index (χ3v) is 2.01. The van der Waals surface area contributed by atoms with Crippen molar-refractivity contribution >= 4 is 29.5 Å². The first kappa shape index (κ1) is 4.91. The van der Waals surface area contributed by atoms with Crippen molar-refractivity contribution in [3.8, 4) is 0 Å². The molecule has 0 aromatic rings. The average Bonchev–Trinajstić information content (AvgIpc) is 1.37. The molecule has 0 heterocycles. The molecule has 2 heteroatoms. The van der Waals surface area contributed by atoms with Crippen LogP contribution in [0.15, 0.2) is 0 Å². The summed E-state index contributed by atoms with van der Waals surface area (Å²) in [7, 11) is 0. The van der Waals surface area contributed by atoms with Crippen LogP contribution in [0, 0.1) is 0 Å². The minimum atomic E-state index is 1.04. The van der Waals surface area contributed by atoms with Gasteiger partial charge in [0.1, 0.15) is 0 Å². The van der Waals surface area contributed by atoms with Crippen LogP contribution >= 0.6 is 12.6 Å². The van der Waals surface area contributed by atoms with Crippen molar-refractivity contribution in [3.63, 3.8) is 0 Å². The van der Waals surface area contributed by atoms with Crippen molar-refractivity contribution in [1.29, 1.82) is 0 Å². The van der Waals surface area contributed by atoms with Crippen molar-refractivity contribution in [2.24, 2.45) is 0 Å². The Hall–Kier alpha value is 0.908. The normalized spacial score (nSPS) is 7.50. The molecule has 0 aliphatic carbocycles. The molecule has 26 valence electrons. The van der Waals surface area contributed by atoms with Crippen LogP contribution in [0.25, 0.3) is 0 Å². The standard InChI is InChI=1S/C2H7AsS/c3-1-2-4/h4H,1-3H2. The molecule has 0 aromatic heterocycles. The summed E-state index contributed by atoms with van der Waals surface area (Å²) in [5.41, 5.74) is 0. The van der Waals surface area contributed by atoms with E-state index in [0.717, 1.165) is 5.75 Å². The molecule has 0 aliphatic heterocycles. The predicted molar refractivity (Wildman–Crippen MR) is 27.2 cm³/mol. The predicted octanol–water partition coefficient (Wildman–Crippen LogP) is -0.0324. The van der Waals surface area contributed by atoms with Crippen molar-refractivity contribution in [3.05, 3.63) is 0 Å². The van der Waals surface area contributed by atoms with Gasteiger partial charge in [-0.15, -0.1) is 0 Å². The van der Waals surface area contributed by atoms with Crippen molar-refractivity contribution in [2.75, 3.05) is 5.75 Å². The molecule has 1 atom stereocenters. The van der Waals surface area contributed by atoms with Crippen LogP contribution < -0.4 is 0 Å². The van der Waals surface area contributed by atoms with E-state index in [9.17, 15) is 0 Å². The molecule has 0 amide bonds. The van der Waals surface area contributed by atoms with Gasteiger partial charge in [0.2, 0.25) is 0 Å². The van der Waals surface area contributed by atoms with Crippen LogP contribution in [0.3, 0.4) is 0 Å². The van der Waals surface area contributed by atoms with Crippen molar-refractivity contribution < 1.29 is 0 Å². The molecule has 0 aromatic carbocycles. The fourth-order valence-corrected chi connectivity index (χ4v) is 0. The van der Waals surface area contributed by atoms with Crippen LogP contribution in [0.5, 0.6) is 0 Å². The van der Waals surface area contributed by atoms with Crippen LogP contribution in [0.1, 0.15) is 0 Å². The molecule has 0 N–H and O–H groups in total. The Balaban J connectivity index is 1.97. The summed E-state index contributed by atoms with van der Waals surface area (Å²) in [6.45, 7) is 0. The average molecular weight is 138 g/mol. The zero-order valence-electron chi connectivity index (χ0n) is 2.44. The SMILES string of the molecule is SCC[AsH2]. The van der Waals surface area contributed by atoms with Gasteiger partial charge in [-0.25, -0.2) is 0 Å². The Kier molecular flexibility index (Phi) is 4.80. The van der Waals surface area contributed by atoms with Gasteiger partial charge in [0, 0.05) is 0 Å². The Labute approximate surface area is 40.9 Å². The van der Waals surface area contributed by atoms with Gasteiger partial charge in [-0.1, -0.05) is 0 Å². The minimum absolute atomic E-state index is 1.04. The zero-order chi connectivity index (χ0) is 3.41. The second-order valence-corrected chi connectivity index (χ2v) is 2.17. The van der Waals surface area contributed by atoms with Crippen LogP contribution in [0.4, 0.5) is 0 Å². The molecule has 0 saturated carbocycles. The summed E-state index contributed by atoms with van der Waals surface area (Å²) in [6.07, 6.45) is 0. The third kappa shape index (κ3) is 2.91. The van der Waals surface area contributed by atoms with Crippen LogP contribution in [-0.4, -0.2) is 22.6 Å². The van der Waals surface area contributed by atoms with Gasteiger partial charge in [0.25, 0.3) is 0 Å². The summed E-state index contributed by atoms with van der Waals surface area (Å²) in [5.74, 6) is 1.04. The van der Waals surface area contributed by atoms with Gasteiger partial charge < -0.3 is 0 Å². The Morgan fingerprint density at radius 3 is 2.00 bits per heavy atom. The molecule has 0 radical (unpaired) electrons. The van der Waals surface area contributed by atoms with Gasteiger partial charge in [-0.05, 0) is 0 Å². The van der Waals surface area contributed by atoms with Crippen LogP contribution in [-0.2, 0) is 0 Å². The second kappa shape index (κ2) is 3.91. The fraction of sp³-hybridized carbons (Fsp3) is 1.00. The number of hydrogen-bond donors (Lipinski definition) is 1. The Morgan fingerprint density at radius 2 is 2.00 bits per heavy atom. The van der Waals surface area contributed by atoms with Crippen molar-refractivity contribution in [1.82, 2.24) is 0 Å². The van der Waals surface area contributed by atoms with E-state index in [1.807, 2.05) is 0 Å². The van der Waals surface area contributed by atoms with E-state index in [2.05, 4.69) is 12.6 Å². The first-order chi connectivity index (χ1) is 1.91. The monoisotopic (exact) mass is 138 g/mol. The molecule has 0 aliphatic rings. The summed E-state index contributed by atoms with van der Waals surface area (Å²) in [5, 5.41) is 1.25. The van der Waals surface area contributed by atoms with E-state index < -0.39 is 0 Å². The number of thiol groups is 1. The van der Waals surface area contributed by atoms with E-state index in [1.165, 1.54) is 5.21 Å². The van der Waals surface area contributed by atoms with Crippen molar-refractivity contribution in [2.45, 2.75) is 5.21 Å². The quantitative estimate of drug-likeness (QED) is 0.381. The van der Waals surface area contributed by atoms with Gasteiger partial charge in [-0.2, -0.15) is 0 Å². The maximum absolute atomic E-state index is 3.94. The first-order valence-electron chi connectivity index (χ1n) is 1.22. The summed E-state index contributed by atoms with van der Waals surface area (Å²) >= 11 is 5.68.